The van der Waals surface area contributed by atoms with E-state index in [9.17, 15) is 8.78 Å². The van der Waals surface area contributed by atoms with E-state index in [0.29, 0.717) is 30.3 Å². The fraction of sp³-hybridized carbons (Fsp3) is 0.348. The number of anilines is 1. The lowest BCUT2D eigenvalue weighted by molar-refractivity contribution is -0.0498. The van der Waals surface area contributed by atoms with Crippen molar-refractivity contribution in [3.8, 4) is 22.8 Å². The van der Waals surface area contributed by atoms with E-state index < -0.39 is 6.61 Å². The van der Waals surface area contributed by atoms with Crippen LogP contribution in [-0.4, -0.2) is 70.8 Å². The van der Waals surface area contributed by atoms with Crippen LogP contribution >= 0.6 is 0 Å². The van der Waals surface area contributed by atoms with E-state index in [0.717, 1.165) is 43.0 Å². The molecule has 9 nitrogen and oxygen atoms in total. The van der Waals surface area contributed by atoms with E-state index in [-0.39, 0.29) is 5.75 Å². The van der Waals surface area contributed by atoms with Gasteiger partial charge in [0.2, 0.25) is 0 Å². The SMILES string of the molecule is CNCCn1cnc2c(N3CCOCC3)cc(-n3ccc(-c4cccc(OC(F)F)c4)n3)nc21. The molecule has 5 rings (SSSR count). The minimum absolute atomic E-state index is 0.0876. The molecule has 178 valence electrons. The maximum atomic E-state index is 12.6. The van der Waals surface area contributed by atoms with E-state index >= 15 is 0 Å². The Kier molecular flexibility index (Phi) is 6.37. The number of nitrogens with zero attached hydrogens (tertiary/aromatic N) is 6. The van der Waals surface area contributed by atoms with Gasteiger partial charge < -0.3 is 24.3 Å². The third-order valence-electron chi connectivity index (χ3n) is 5.67. The molecule has 34 heavy (non-hydrogen) atoms. The van der Waals surface area contributed by atoms with Crippen LogP contribution in [0.2, 0.25) is 0 Å². The number of morpholine rings is 1. The van der Waals surface area contributed by atoms with Crippen LogP contribution in [0.4, 0.5) is 14.5 Å². The molecule has 0 radical (unpaired) electrons. The standard InChI is InChI=1S/C23H25F2N7O2/c1-26-6-8-31-15-27-21-19(30-9-11-33-12-10-30)14-20(28-22(21)31)32-7-5-18(29-32)16-3-2-4-17(13-16)34-23(24)25/h2-5,7,13-15,23,26H,6,8-12H2,1H3. The Hall–Kier alpha value is -3.57. The number of pyridine rings is 1. The molecule has 0 unspecified atom stereocenters. The van der Waals surface area contributed by atoms with Gasteiger partial charge in [-0.15, -0.1) is 0 Å². The first-order valence-electron chi connectivity index (χ1n) is 11.1. The normalized spacial score (nSPS) is 14.3. The zero-order valence-electron chi connectivity index (χ0n) is 18.7. The Morgan fingerprint density at radius 2 is 2.03 bits per heavy atom. The Labute approximate surface area is 194 Å². The van der Waals surface area contributed by atoms with Gasteiger partial charge in [0, 0.05) is 44.0 Å². The van der Waals surface area contributed by atoms with Gasteiger partial charge in [0.15, 0.2) is 11.5 Å². The van der Waals surface area contributed by atoms with Crippen molar-refractivity contribution in [2.45, 2.75) is 13.2 Å². The molecule has 1 aliphatic heterocycles. The molecule has 4 heterocycles. The van der Waals surface area contributed by atoms with Crippen LogP contribution in [0.1, 0.15) is 0 Å². The maximum Gasteiger partial charge on any atom is 0.387 e. The number of hydrogen-bond acceptors (Lipinski definition) is 7. The van der Waals surface area contributed by atoms with Gasteiger partial charge in [-0.25, -0.2) is 14.6 Å². The van der Waals surface area contributed by atoms with Gasteiger partial charge in [-0.05, 0) is 25.2 Å². The number of aromatic nitrogens is 5. The summed E-state index contributed by atoms with van der Waals surface area (Å²) < 4.78 is 39.0. The molecule has 0 bridgehead atoms. The average molecular weight is 469 g/mol. The maximum absolute atomic E-state index is 12.6. The summed E-state index contributed by atoms with van der Waals surface area (Å²) in [4.78, 5) is 11.8. The first kappa shape index (κ1) is 22.2. The Morgan fingerprint density at radius 3 is 2.82 bits per heavy atom. The van der Waals surface area contributed by atoms with Crippen molar-refractivity contribution in [3.05, 3.63) is 48.9 Å². The van der Waals surface area contributed by atoms with Crippen LogP contribution < -0.4 is 15.0 Å². The minimum Gasteiger partial charge on any atom is -0.435 e. The summed E-state index contributed by atoms with van der Waals surface area (Å²) in [5.41, 5.74) is 3.89. The third-order valence-corrected chi connectivity index (χ3v) is 5.67. The highest BCUT2D eigenvalue weighted by Crippen LogP contribution is 2.29. The lowest BCUT2D eigenvalue weighted by Crippen LogP contribution is -2.36. The van der Waals surface area contributed by atoms with E-state index in [2.05, 4.69) is 25.0 Å². The van der Waals surface area contributed by atoms with Gasteiger partial charge in [-0.1, -0.05) is 12.1 Å². The van der Waals surface area contributed by atoms with Crippen LogP contribution in [0.25, 0.3) is 28.2 Å². The highest BCUT2D eigenvalue weighted by atomic mass is 19.3. The molecular weight excluding hydrogens is 444 g/mol. The summed E-state index contributed by atoms with van der Waals surface area (Å²) >= 11 is 0. The van der Waals surface area contributed by atoms with Crippen LogP contribution in [0, 0.1) is 0 Å². The second kappa shape index (κ2) is 9.74. The second-order valence-corrected chi connectivity index (χ2v) is 7.86. The molecule has 0 saturated carbocycles. The van der Waals surface area contributed by atoms with E-state index in [1.54, 1.807) is 22.9 Å². The highest BCUT2D eigenvalue weighted by Gasteiger charge is 2.20. The third kappa shape index (κ3) is 4.57. The number of hydrogen-bond donors (Lipinski definition) is 1. The van der Waals surface area contributed by atoms with Crippen LogP contribution in [0.3, 0.4) is 0 Å². The summed E-state index contributed by atoms with van der Waals surface area (Å²) in [5.74, 6) is 0.732. The summed E-state index contributed by atoms with van der Waals surface area (Å²) in [7, 11) is 1.91. The van der Waals surface area contributed by atoms with Crippen LogP contribution in [0.5, 0.6) is 5.75 Å². The number of alkyl halides is 2. The summed E-state index contributed by atoms with van der Waals surface area (Å²) in [6.07, 6.45) is 3.62. The zero-order chi connectivity index (χ0) is 23.5. The fourth-order valence-electron chi connectivity index (χ4n) is 4.00. The van der Waals surface area contributed by atoms with Crippen molar-refractivity contribution < 1.29 is 18.3 Å². The smallest absolute Gasteiger partial charge is 0.387 e. The number of nitrogens with one attached hydrogen (secondary N) is 1. The van der Waals surface area contributed by atoms with Gasteiger partial charge in [0.1, 0.15) is 11.3 Å². The summed E-state index contributed by atoms with van der Waals surface area (Å²) in [6, 6.07) is 10.3. The molecule has 1 N–H and O–H groups in total. The highest BCUT2D eigenvalue weighted by molar-refractivity contribution is 5.87. The molecule has 1 aliphatic rings. The van der Waals surface area contributed by atoms with E-state index in [1.165, 1.54) is 6.07 Å². The summed E-state index contributed by atoms with van der Waals surface area (Å²) in [6.45, 7) is 1.48. The topological polar surface area (TPSA) is 82.3 Å². The Balaban J connectivity index is 1.54. The number of halogens is 2. The van der Waals surface area contributed by atoms with Crippen molar-refractivity contribution in [2.24, 2.45) is 0 Å². The van der Waals surface area contributed by atoms with Crippen molar-refractivity contribution in [1.82, 2.24) is 29.6 Å². The molecular formula is C23H25F2N7O2. The molecule has 0 spiro atoms. The van der Waals surface area contributed by atoms with E-state index in [4.69, 9.17) is 9.72 Å². The number of ether oxygens (including phenoxy) is 2. The van der Waals surface area contributed by atoms with Gasteiger partial charge in [0.05, 0.1) is 30.9 Å². The zero-order valence-corrected chi connectivity index (χ0v) is 18.7. The average Bonchev–Trinajstić information content (AvgIpc) is 3.50. The molecule has 4 aromatic rings. The van der Waals surface area contributed by atoms with Crippen molar-refractivity contribution in [3.63, 3.8) is 0 Å². The molecule has 1 aromatic carbocycles. The fourth-order valence-corrected chi connectivity index (χ4v) is 4.00. The number of imidazole rings is 1. The molecule has 1 saturated heterocycles. The van der Waals surface area contributed by atoms with Gasteiger partial charge in [0.25, 0.3) is 0 Å². The Morgan fingerprint density at radius 1 is 1.18 bits per heavy atom. The van der Waals surface area contributed by atoms with Crippen molar-refractivity contribution >= 4 is 16.9 Å². The lowest BCUT2D eigenvalue weighted by Gasteiger charge is -2.29. The monoisotopic (exact) mass is 469 g/mol. The predicted molar refractivity (Wildman–Crippen MR) is 124 cm³/mol. The largest absolute Gasteiger partial charge is 0.435 e. The van der Waals surface area contributed by atoms with Crippen LogP contribution in [0.15, 0.2) is 48.9 Å². The van der Waals surface area contributed by atoms with E-state index in [1.807, 2.05) is 36.3 Å². The quantitative estimate of drug-likeness (QED) is 0.425. The number of likely N-dealkylation sites (N-methyl/N-ethyl adjacent to an activating group) is 1. The molecule has 11 heteroatoms. The second-order valence-electron chi connectivity index (χ2n) is 7.86. The van der Waals surface area contributed by atoms with Gasteiger partial charge in [-0.2, -0.15) is 13.9 Å². The minimum atomic E-state index is -2.88. The van der Waals surface area contributed by atoms with Crippen molar-refractivity contribution in [2.75, 3.05) is 44.8 Å². The van der Waals surface area contributed by atoms with Gasteiger partial charge in [-0.3, -0.25) is 0 Å². The number of benzene rings is 1. The molecule has 0 aliphatic carbocycles. The lowest BCUT2D eigenvalue weighted by atomic mass is 10.1. The molecule has 3 aromatic heterocycles. The molecule has 0 amide bonds. The first-order chi connectivity index (χ1) is 16.6. The number of fused-ring (bicyclic) bond motifs is 1. The van der Waals surface area contributed by atoms with Gasteiger partial charge >= 0.3 is 6.61 Å². The first-order valence-corrected chi connectivity index (χ1v) is 11.1. The van der Waals surface area contributed by atoms with Crippen LogP contribution in [-0.2, 0) is 11.3 Å². The number of rotatable bonds is 8. The predicted octanol–water partition coefficient (Wildman–Crippen LogP) is 2.94. The summed E-state index contributed by atoms with van der Waals surface area (Å²) in [5, 5.41) is 7.82. The Bertz CT molecular complexity index is 1270. The molecule has 1 fully saturated rings. The molecule has 0 atom stereocenters. The van der Waals surface area contributed by atoms with Crippen molar-refractivity contribution in [1.29, 1.82) is 0 Å².